The molecule has 0 radical (unpaired) electrons. The lowest BCUT2D eigenvalue weighted by Gasteiger charge is -1.97. The summed E-state index contributed by atoms with van der Waals surface area (Å²) in [5, 5.41) is 0. The summed E-state index contributed by atoms with van der Waals surface area (Å²) in [4.78, 5) is 0. The molecule has 0 aromatic heterocycles. The first-order chi connectivity index (χ1) is 3.27. The molecule has 0 bridgehead atoms. The van der Waals surface area contributed by atoms with E-state index in [0.29, 0.717) is 0 Å². The Morgan fingerprint density at radius 1 is 1.86 bits per heavy atom. The average Bonchev–Trinajstić information content (AvgIpc) is 2.22. The molecule has 1 nitrogen and oxygen atoms in total. The Hall–Kier alpha value is 0.310. The van der Waals surface area contributed by atoms with Crippen LogP contribution in [0, 0.1) is 0 Å². The normalized spacial score (nSPS) is 38.6. The highest BCUT2D eigenvalue weighted by Gasteiger charge is 2.38. The Morgan fingerprint density at radius 2 is 2.43 bits per heavy atom. The lowest BCUT2D eigenvalue weighted by atomic mass is 10.3. The summed E-state index contributed by atoms with van der Waals surface area (Å²) in [5.41, 5.74) is 0.263. The third kappa shape index (κ3) is 1.35. The number of epoxide rings is 1. The maximum atomic E-state index is 5.12. The van der Waals surface area contributed by atoms with Gasteiger partial charge in [0, 0.05) is 5.75 Å². The summed E-state index contributed by atoms with van der Waals surface area (Å²) in [6.45, 7) is 3.11. The second kappa shape index (κ2) is 1.67. The molecule has 0 saturated carbocycles. The Morgan fingerprint density at radius 3 is 2.57 bits per heavy atom. The first-order valence-electron chi connectivity index (χ1n) is 2.40. The summed E-state index contributed by atoms with van der Waals surface area (Å²) >= 11 is 1.85. The van der Waals surface area contributed by atoms with Crippen molar-refractivity contribution in [3.8, 4) is 0 Å². The minimum absolute atomic E-state index is 0.263. The van der Waals surface area contributed by atoms with Gasteiger partial charge in [-0.3, -0.25) is 0 Å². The van der Waals surface area contributed by atoms with E-state index in [1.807, 2.05) is 11.8 Å². The highest BCUT2D eigenvalue weighted by atomic mass is 32.2. The minimum Gasteiger partial charge on any atom is -0.369 e. The lowest BCUT2D eigenvalue weighted by Crippen LogP contribution is -2.06. The maximum Gasteiger partial charge on any atom is 0.0978 e. The molecule has 2 heteroatoms. The minimum atomic E-state index is 0.263. The van der Waals surface area contributed by atoms with E-state index in [0.717, 1.165) is 12.4 Å². The summed E-state index contributed by atoms with van der Waals surface area (Å²) in [6, 6.07) is 0. The van der Waals surface area contributed by atoms with Crippen molar-refractivity contribution < 1.29 is 4.74 Å². The molecule has 1 saturated heterocycles. The van der Waals surface area contributed by atoms with Gasteiger partial charge in [0.15, 0.2) is 0 Å². The summed E-state index contributed by atoms with van der Waals surface area (Å²) in [7, 11) is 0. The van der Waals surface area contributed by atoms with Crippen LogP contribution in [0.5, 0.6) is 0 Å². The number of ether oxygens (including phenoxy) is 1. The molecule has 0 aliphatic carbocycles. The van der Waals surface area contributed by atoms with Crippen molar-refractivity contribution in [3.05, 3.63) is 0 Å². The fourth-order valence-corrected chi connectivity index (χ4v) is 1.29. The Labute approximate surface area is 48.4 Å². The second-order valence-corrected chi connectivity index (χ2v) is 3.04. The lowest BCUT2D eigenvalue weighted by molar-refractivity contribution is 0.348. The zero-order valence-electron chi connectivity index (χ0n) is 4.73. The van der Waals surface area contributed by atoms with Crippen LogP contribution >= 0.6 is 11.8 Å². The molecule has 1 aliphatic rings. The van der Waals surface area contributed by atoms with Gasteiger partial charge in [0.05, 0.1) is 12.2 Å². The molecule has 1 rings (SSSR count). The van der Waals surface area contributed by atoms with Gasteiger partial charge >= 0.3 is 0 Å². The van der Waals surface area contributed by atoms with E-state index in [1.165, 1.54) is 0 Å². The molecule has 1 atom stereocenters. The Balaban J connectivity index is 2.13. The largest absolute Gasteiger partial charge is 0.369 e. The number of thioether (sulfide) groups is 1. The molecule has 0 aromatic rings. The second-order valence-electron chi connectivity index (χ2n) is 2.17. The van der Waals surface area contributed by atoms with Gasteiger partial charge in [-0.25, -0.2) is 0 Å². The van der Waals surface area contributed by atoms with Crippen molar-refractivity contribution in [3.63, 3.8) is 0 Å². The summed E-state index contributed by atoms with van der Waals surface area (Å²) < 4.78 is 5.12. The van der Waals surface area contributed by atoms with Crippen LogP contribution in [0.1, 0.15) is 6.92 Å². The fourth-order valence-electron chi connectivity index (χ4n) is 0.512. The monoisotopic (exact) mass is 118 g/mol. The number of rotatable bonds is 2. The number of hydrogen-bond acceptors (Lipinski definition) is 2. The van der Waals surface area contributed by atoms with Crippen molar-refractivity contribution >= 4 is 11.8 Å². The molecule has 1 unspecified atom stereocenters. The van der Waals surface area contributed by atoms with E-state index >= 15 is 0 Å². The van der Waals surface area contributed by atoms with Crippen LogP contribution in [0.2, 0.25) is 0 Å². The first-order valence-corrected chi connectivity index (χ1v) is 3.79. The molecular formula is C5H10OS. The van der Waals surface area contributed by atoms with Crippen LogP contribution in [-0.4, -0.2) is 24.2 Å². The van der Waals surface area contributed by atoms with Gasteiger partial charge in [-0.1, -0.05) is 0 Å². The van der Waals surface area contributed by atoms with Crippen LogP contribution < -0.4 is 0 Å². The zero-order chi connectivity index (χ0) is 5.33. The van der Waals surface area contributed by atoms with Crippen molar-refractivity contribution in [2.24, 2.45) is 0 Å². The van der Waals surface area contributed by atoms with E-state index in [-0.39, 0.29) is 5.60 Å². The molecule has 0 aromatic carbocycles. The standard InChI is InChI=1S/C5H10OS/c1-5(3-6-5)4-7-2/h3-4H2,1-2H3. The van der Waals surface area contributed by atoms with Gasteiger partial charge in [-0.05, 0) is 13.2 Å². The zero-order valence-corrected chi connectivity index (χ0v) is 5.55. The van der Waals surface area contributed by atoms with Crippen LogP contribution in [0.15, 0.2) is 0 Å². The highest BCUT2D eigenvalue weighted by Crippen LogP contribution is 2.28. The SMILES string of the molecule is CSCC1(C)CO1. The van der Waals surface area contributed by atoms with Gasteiger partial charge in [-0.15, -0.1) is 0 Å². The van der Waals surface area contributed by atoms with E-state index in [4.69, 9.17) is 4.74 Å². The quantitative estimate of drug-likeness (QED) is 0.504. The predicted molar refractivity (Wildman–Crippen MR) is 32.7 cm³/mol. The fraction of sp³-hybridized carbons (Fsp3) is 1.00. The van der Waals surface area contributed by atoms with Crippen LogP contribution in [-0.2, 0) is 4.74 Å². The van der Waals surface area contributed by atoms with Gasteiger partial charge in [-0.2, -0.15) is 11.8 Å². The van der Waals surface area contributed by atoms with Gasteiger partial charge < -0.3 is 4.74 Å². The van der Waals surface area contributed by atoms with Crippen molar-refractivity contribution in [1.29, 1.82) is 0 Å². The molecular weight excluding hydrogens is 108 g/mol. The first kappa shape index (κ1) is 5.45. The third-order valence-electron chi connectivity index (χ3n) is 1.09. The van der Waals surface area contributed by atoms with E-state index in [1.54, 1.807) is 0 Å². The molecule has 1 heterocycles. The highest BCUT2D eigenvalue weighted by molar-refractivity contribution is 7.98. The molecule has 0 amide bonds. The van der Waals surface area contributed by atoms with Crippen LogP contribution in [0.4, 0.5) is 0 Å². The molecule has 42 valence electrons. The molecule has 1 aliphatic heterocycles. The van der Waals surface area contributed by atoms with Crippen molar-refractivity contribution in [2.45, 2.75) is 12.5 Å². The Kier molecular flexibility index (Phi) is 1.30. The number of hydrogen-bond donors (Lipinski definition) is 0. The molecule has 7 heavy (non-hydrogen) atoms. The van der Waals surface area contributed by atoms with Gasteiger partial charge in [0.1, 0.15) is 0 Å². The molecule has 1 fully saturated rings. The summed E-state index contributed by atoms with van der Waals surface area (Å²) in [6.07, 6.45) is 2.10. The van der Waals surface area contributed by atoms with Crippen LogP contribution in [0.3, 0.4) is 0 Å². The predicted octanol–water partition coefficient (Wildman–Crippen LogP) is 1.14. The van der Waals surface area contributed by atoms with Crippen LogP contribution in [0.25, 0.3) is 0 Å². The van der Waals surface area contributed by atoms with Crippen molar-refractivity contribution in [1.82, 2.24) is 0 Å². The van der Waals surface area contributed by atoms with Crippen molar-refractivity contribution in [2.75, 3.05) is 18.6 Å². The molecule has 0 N–H and O–H groups in total. The summed E-state index contributed by atoms with van der Waals surface area (Å²) in [5.74, 6) is 1.15. The smallest absolute Gasteiger partial charge is 0.0978 e. The van der Waals surface area contributed by atoms with Gasteiger partial charge in [0.2, 0.25) is 0 Å². The molecule has 0 spiro atoms. The average molecular weight is 118 g/mol. The van der Waals surface area contributed by atoms with E-state index in [2.05, 4.69) is 13.2 Å². The van der Waals surface area contributed by atoms with E-state index < -0.39 is 0 Å². The third-order valence-corrected chi connectivity index (χ3v) is 1.99. The topological polar surface area (TPSA) is 12.5 Å². The van der Waals surface area contributed by atoms with E-state index in [9.17, 15) is 0 Å². The Bertz CT molecular complexity index is 68.5. The maximum absolute atomic E-state index is 5.12. The van der Waals surface area contributed by atoms with Gasteiger partial charge in [0.25, 0.3) is 0 Å².